The highest BCUT2D eigenvalue weighted by atomic mass is 32.2. The number of carbonyl (C=O) groups excluding carboxylic acids is 1. The van der Waals surface area contributed by atoms with Crippen molar-refractivity contribution in [2.24, 2.45) is 5.92 Å². The molecule has 148 valence electrons. The van der Waals surface area contributed by atoms with Gasteiger partial charge in [0, 0.05) is 24.0 Å². The molecule has 2 aromatic rings. The molecule has 0 bridgehead atoms. The molecule has 2 heterocycles. The molecule has 8 heteroatoms. The second kappa shape index (κ2) is 8.00. The van der Waals surface area contributed by atoms with Crippen molar-refractivity contribution >= 4 is 27.0 Å². The van der Waals surface area contributed by atoms with E-state index in [-0.39, 0.29) is 17.3 Å². The maximum absolute atomic E-state index is 13.0. The first-order chi connectivity index (χ1) is 12.9. The largest absolute Gasteiger partial charge is 0.460 e. The molecule has 1 aromatic carbocycles. The molecule has 7 nitrogen and oxygen atoms in total. The molecule has 1 aliphatic rings. The van der Waals surface area contributed by atoms with E-state index in [2.05, 4.69) is 5.32 Å². The summed E-state index contributed by atoms with van der Waals surface area (Å²) < 4.78 is 38.2. The third-order valence-electron chi connectivity index (χ3n) is 5.07. The van der Waals surface area contributed by atoms with E-state index in [0.29, 0.717) is 35.5 Å². The first-order valence-corrected chi connectivity index (χ1v) is 10.7. The third kappa shape index (κ3) is 3.88. The van der Waals surface area contributed by atoms with E-state index in [0.717, 1.165) is 19.4 Å². The molecule has 0 amide bonds. The standard InChI is InChI=1S/C19H26N2O5S/c1-4-25-19(22)18-13(2)16-11-15(5-6-17(16)26-18)27(23,24)21-9-7-14(8-10-21)12-20-3/h5-6,11,14,20H,4,7-10,12H2,1-3H3. The van der Waals surface area contributed by atoms with Gasteiger partial charge in [-0.2, -0.15) is 4.31 Å². The van der Waals surface area contributed by atoms with Gasteiger partial charge in [-0.05, 0) is 64.4 Å². The summed E-state index contributed by atoms with van der Waals surface area (Å²) in [5.74, 6) is 0.0867. The maximum atomic E-state index is 13.0. The average Bonchev–Trinajstić information content (AvgIpc) is 2.99. The van der Waals surface area contributed by atoms with Crippen LogP contribution in [0.4, 0.5) is 0 Å². The first kappa shape index (κ1) is 19.9. The van der Waals surface area contributed by atoms with Crippen LogP contribution in [-0.2, 0) is 14.8 Å². The topological polar surface area (TPSA) is 88.8 Å². The number of nitrogens with zero attached hydrogens (tertiary/aromatic N) is 1. The molecule has 0 saturated carbocycles. The van der Waals surface area contributed by atoms with Crippen molar-refractivity contribution in [3.63, 3.8) is 0 Å². The number of carbonyl (C=O) groups is 1. The molecule has 1 fully saturated rings. The molecule has 1 saturated heterocycles. The molecule has 0 aliphatic carbocycles. The zero-order valence-electron chi connectivity index (χ0n) is 15.9. The van der Waals surface area contributed by atoms with Crippen molar-refractivity contribution in [1.29, 1.82) is 0 Å². The van der Waals surface area contributed by atoms with Gasteiger partial charge in [-0.3, -0.25) is 0 Å². The monoisotopic (exact) mass is 394 g/mol. The molecule has 3 rings (SSSR count). The summed E-state index contributed by atoms with van der Waals surface area (Å²) in [6.45, 7) is 5.65. The van der Waals surface area contributed by atoms with Crippen LogP contribution in [0.25, 0.3) is 11.0 Å². The van der Waals surface area contributed by atoms with Gasteiger partial charge in [-0.15, -0.1) is 0 Å². The van der Waals surface area contributed by atoms with Gasteiger partial charge in [0.1, 0.15) is 5.58 Å². The number of aryl methyl sites for hydroxylation is 1. The Morgan fingerprint density at radius 1 is 1.33 bits per heavy atom. The first-order valence-electron chi connectivity index (χ1n) is 9.23. The smallest absolute Gasteiger partial charge is 0.374 e. The Hall–Kier alpha value is -1.90. The highest BCUT2D eigenvalue weighted by Gasteiger charge is 2.30. The number of furan rings is 1. The molecule has 0 atom stereocenters. The van der Waals surface area contributed by atoms with Gasteiger partial charge >= 0.3 is 5.97 Å². The van der Waals surface area contributed by atoms with E-state index in [1.165, 1.54) is 6.07 Å². The van der Waals surface area contributed by atoms with Crippen molar-refractivity contribution in [1.82, 2.24) is 9.62 Å². The highest BCUT2D eigenvalue weighted by molar-refractivity contribution is 7.89. The molecule has 0 spiro atoms. The second-order valence-corrected chi connectivity index (χ2v) is 8.78. The van der Waals surface area contributed by atoms with Gasteiger partial charge in [0.15, 0.2) is 0 Å². The summed E-state index contributed by atoms with van der Waals surface area (Å²) in [7, 11) is -1.66. The fourth-order valence-electron chi connectivity index (χ4n) is 3.54. The maximum Gasteiger partial charge on any atom is 0.374 e. The molecule has 27 heavy (non-hydrogen) atoms. The SMILES string of the molecule is CCOC(=O)c1oc2ccc(S(=O)(=O)N3CCC(CNC)CC3)cc2c1C. The van der Waals surface area contributed by atoms with Crippen molar-refractivity contribution in [2.75, 3.05) is 33.3 Å². The minimum absolute atomic E-state index is 0.120. The van der Waals surface area contributed by atoms with Crippen molar-refractivity contribution in [3.8, 4) is 0 Å². The Morgan fingerprint density at radius 3 is 2.67 bits per heavy atom. The fraction of sp³-hybridized carbons (Fsp3) is 0.526. The Bertz CT molecular complexity index is 927. The number of rotatable bonds is 6. The van der Waals surface area contributed by atoms with Crippen molar-refractivity contribution < 1.29 is 22.4 Å². The molecule has 0 radical (unpaired) electrons. The molecule has 1 aromatic heterocycles. The number of ether oxygens (including phenoxy) is 1. The second-order valence-electron chi connectivity index (χ2n) is 6.84. The van der Waals surface area contributed by atoms with Gasteiger partial charge in [0.05, 0.1) is 11.5 Å². The number of hydrogen-bond donors (Lipinski definition) is 1. The zero-order valence-corrected chi connectivity index (χ0v) is 16.8. The normalized spacial score (nSPS) is 16.7. The lowest BCUT2D eigenvalue weighted by atomic mass is 9.98. The Morgan fingerprint density at radius 2 is 2.04 bits per heavy atom. The van der Waals surface area contributed by atoms with Crippen LogP contribution >= 0.6 is 0 Å². The number of benzene rings is 1. The molecule has 1 N–H and O–H groups in total. The van der Waals surface area contributed by atoms with Gasteiger partial charge in [-0.25, -0.2) is 13.2 Å². The molecule has 1 aliphatic heterocycles. The number of esters is 1. The summed E-state index contributed by atoms with van der Waals surface area (Å²) in [4.78, 5) is 12.2. The predicted octanol–water partition coefficient (Wildman–Crippen LogP) is 2.54. The van der Waals surface area contributed by atoms with Gasteiger partial charge in [0.2, 0.25) is 15.8 Å². The lowest BCUT2D eigenvalue weighted by Gasteiger charge is -2.31. The molecular weight excluding hydrogens is 368 g/mol. The summed E-state index contributed by atoms with van der Waals surface area (Å²) in [5, 5.41) is 3.77. The summed E-state index contributed by atoms with van der Waals surface area (Å²) in [6.07, 6.45) is 1.69. The van der Waals surface area contributed by atoms with E-state index in [1.54, 1.807) is 30.3 Å². The number of hydrogen-bond acceptors (Lipinski definition) is 6. The zero-order chi connectivity index (χ0) is 19.6. The third-order valence-corrected chi connectivity index (χ3v) is 6.97. The minimum atomic E-state index is -3.57. The average molecular weight is 394 g/mol. The lowest BCUT2D eigenvalue weighted by molar-refractivity contribution is 0.0491. The Labute approximate surface area is 159 Å². The van der Waals surface area contributed by atoms with Crippen LogP contribution in [0, 0.1) is 12.8 Å². The quantitative estimate of drug-likeness (QED) is 0.758. The van der Waals surface area contributed by atoms with Crippen LogP contribution in [0.3, 0.4) is 0 Å². The van der Waals surface area contributed by atoms with Crippen LogP contribution < -0.4 is 5.32 Å². The van der Waals surface area contributed by atoms with Crippen LogP contribution in [0.5, 0.6) is 0 Å². The van der Waals surface area contributed by atoms with Crippen LogP contribution in [0.2, 0.25) is 0 Å². The fourth-order valence-corrected chi connectivity index (χ4v) is 5.04. The Kier molecular flexibility index (Phi) is 5.88. The van der Waals surface area contributed by atoms with E-state index < -0.39 is 16.0 Å². The Balaban J connectivity index is 1.88. The summed E-state index contributed by atoms with van der Waals surface area (Å²) in [5.41, 5.74) is 1.07. The minimum Gasteiger partial charge on any atom is -0.460 e. The van der Waals surface area contributed by atoms with Crippen molar-refractivity contribution in [2.45, 2.75) is 31.6 Å². The van der Waals surface area contributed by atoms with E-state index in [1.807, 2.05) is 7.05 Å². The predicted molar refractivity (Wildman–Crippen MR) is 102 cm³/mol. The highest BCUT2D eigenvalue weighted by Crippen LogP contribution is 2.30. The summed E-state index contributed by atoms with van der Waals surface area (Å²) >= 11 is 0. The van der Waals surface area contributed by atoms with Gasteiger partial charge in [-0.1, -0.05) is 0 Å². The number of piperidine rings is 1. The van der Waals surface area contributed by atoms with Crippen LogP contribution in [0.15, 0.2) is 27.5 Å². The van der Waals surface area contributed by atoms with Gasteiger partial charge < -0.3 is 14.5 Å². The lowest BCUT2D eigenvalue weighted by Crippen LogP contribution is -2.40. The van der Waals surface area contributed by atoms with E-state index >= 15 is 0 Å². The van der Waals surface area contributed by atoms with Crippen molar-refractivity contribution in [3.05, 3.63) is 29.5 Å². The number of nitrogens with one attached hydrogen (secondary N) is 1. The number of fused-ring (bicyclic) bond motifs is 1. The molecular formula is C19H26N2O5S. The van der Waals surface area contributed by atoms with E-state index in [4.69, 9.17) is 9.15 Å². The van der Waals surface area contributed by atoms with Gasteiger partial charge in [0.25, 0.3) is 0 Å². The summed E-state index contributed by atoms with van der Waals surface area (Å²) in [6, 6.07) is 4.73. The van der Waals surface area contributed by atoms with E-state index in [9.17, 15) is 13.2 Å². The number of sulfonamides is 1. The van der Waals surface area contributed by atoms with Crippen LogP contribution in [0.1, 0.15) is 35.9 Å². The van der Waals surface area contributed by atoms with Crippen LogP contribution in [-0.4, -0.2) is 52.0 Å². The molecule has 0 unspecified atom stereocenters.